The highest BCUT2D eigenvalue weighted by Gasteiger charge is 2.20. The van der Waals surface area contributed by atoms with Crippen molar-refractivity contribution >= 4 is 49.6 Å². The van der Waals surface area contributed by atoms with E-state index in [1.54, 1.807) is 0 Å². The fraction of sp³-hybridized carbons (Fsp3) is 0. The average molecular weight is 769 g/mol. The van der Waals surface area contributed by atoms with Gasteiger partial charge >= 0.3 is 0 Å². The molecule has 0 saturated heterocycles. The molecule has 282 valence electrons. The monoisotopic (exact) mass is 768 g/mol. The van der Waals surface area contributed by atoms with Crippen molar-refractivity contribution in [2.75, 3.05) is 4.90 Å². The zero-order valence-corrected chi connectivity index (χ0v) is 32.7. The number of aromatic nitrogens is 1. The van der Waals surface area contributed by atoms with Crippen molar-refractivity contribution in [2.45, 2.75) is 0 Å². The van der Waals surface area contributed by atoms with E-state index in [4.69, 9.17) is 0 Å². The van der Waals surface area contributed by atoms with Crippen molar-refractivity contribution in [2.24, 2.45) is 0 Å². The zero-order valence-electron chi connectivity index (χ0n) is 36.7. The molecule has 2 heteroatoms. The second-order valence-corrected chi connectivity index (χ2v) is 15.0. The molecule has 10 aromatic carbocycles. The number of para-hydroxylation sites is 1. The highest BCUT2D eigenvalue weighted by Crippen LogP contribution is 2.44. The van der Waals surface area contributed by atoms with Gasteiger partial charge in [-0.25, -0.2) is 0 Å². The molecule has 0 aliphatic carbocycles. The number of anilines is 3. The largest absolute Gasteiger partial charge is 0.310 e. The van der Waals surface area contributed by atoms with Crippen LogP contribution in [-0.4, -0.2) is 4.57 Å². The molecule has 0 spiro atoms. The molecule has 2 nitrogen and oxygen atoms in total. The third-order valence-corrected chi connectivity index (χ3v) is 11.5. The molecule has 0 saturated carbocycles. The van der Waals surface area contributed by atoms with Crippen LogP contribution >= 0.6 is 0 Å². The Labute approximate surface area is 356 Å². The summed E-state index contributed by atoms with van der Waals surface area (Å²) in [5, 5.41) is 4.29. The maximum Gasteiger partial charge on any atom is 0.0645 e. The molecule has 0 aliphatic heterocycles. The van der Waals surface area contributed by atoms with Crippen LogP contribution in [0.3, 0.4) is 0 Å². The Hall–Kier alpha value is -7.94. The first-order valence-corrected chi connectivity index (χ1v) is 20.3. The zero-order chi connectivity index (χ0) is 43.3. The minimum absolute atomic E-state index is 0.110. The third kappa shape index (κ3) is 6.32. The normalized spacial score (nSPS) is 12.3. The lowest BCUT2D eigenvalue weighted by Gasteiger charge is -2.29. The highest BCUT2D eigenvalue weighted by molar-refractivity contribution is 6.11. The number of fused-ring (bicyclic) bond motifs is 4. The number of hydrogen-bond acceptors (Lipinski definition) is 1. The lowest BCUT2D eigenvalue weighted by Crippen LogP contribution is -2.11. The van der Waals surface area contributed by atoms with Gasteiger partial charge in [-0.05, 0) is 105 Å². The van der Waals surface area contributed by atoms with E-state index in [1.807, 2.05) is 120 Å². The standard InChI is InChI=1S/C58H40N2/c1-4-15-41(16-5-1)43-27-33-49(34-28-43)59(57-37-31-47(42-17-6-2-7-18-42)39-53(57)46-19-8-3-9-20-46)50-35-29-44(30-36-50)48-32-38-58-54(40-48)52-24-12-13-25-56(52)60(58)55-26-14-22-45-21-10-11-23-51(45)55/h1-40H/i29D,30D,35D,36D. The molecule has 11 rings (SSSR count). The summed E-state index contributed by atoms with van der Waals surface area (Å²) in [6.07, 6.45) is 0. The van der Waals surface area contributed by atoms with Crippen molar-refractivity contribution in [3.63, 3.8) is 0 Å². The Bertz CT molecular complexity index is 3500. The first kappa shape index (κ1) is 31.1. The Balaban J connectivity index is 1.11. The first-order valence-electron chi connectivity index (χ1n) is 22.3. The quantitative estimate of drug-likeness (QED) is 0.149. The summed E-state index contributed by atoms with van der Waals surface area (Å²) in [6.45, 7) is 0. The van der Waals surface area contributed by atoms with Gasteiger partial charge in [0.2, 0.25) is 0 Å². The second kappa shape index (κ2) is 15.1. The van der Waals surface area contributed by atoms with Gasteiger partial charge < -0.3 is 9.47 Å². The molecule has 0 fully saturated rings. The van der Waals surface area contributed by atoms with Crippen LogP contribution in [0.1, 0.15) is 5.48 Å². The Morgan fingerprint density at radius 2 is 0.867 bits per heavy atom. The number of benzene rings is 10. The van der Waals surface area contributed by atoms with Crippen LogP contribution in [0.5, 0.6) is 0 Å². The maximum absolute atomic E-state index is 9.83. The predicted octanol–water partition coefficient (Wildman–Crippen LogP) is 16.1. The van der Waals surface area contributed by atoms with Crippen molar-refractivity contribution in [3.05, 3.63) is 243 Å². The van der Waals surface area contributed by atoms with E-state index in [2.05, 4.69) is 108 Å². The Kier molecular flexibility index (Phi) is 7.83. The van der Waals surface area contributed by atoms with E-state index < -0.39 is 0 Å². The van der Waals surface area contributed by atoms with Gasteiger partial charge in [0.25, 0.3) is 0 Å². The van der Waals surface area contributed by atoms with Crippen molar-refractivity contribution in [1.29, 1.82) is 0 Å². The summed E-state index contributed by atoms with van der Waals surface area (Å²) in [5.74, 6) is 0. The molecule has 0 N–H and O–H groups in total. The Morgan fingerprint density at radius 3 is 1.60 bits per heavy atom. The number of hydrogen-bond donors (Lipinski definition) is 0. The van der Waals surface area contributed by atoms with E-state index in [-0.39, 0.29) is 35.4 Å². The molecule has 1 heterocycles. The van der Waals surface area contributed by atoms with E-state index >= 15 is 0 Å². The van der Waals surface area contributed by atoms with Gasteiger partial charge in [-0.2, -0.15) is 0 Å². The summed E-state index contributed by atoms with van der Waals surface area (Å²) in [4.78, 5) is 1.90. The summed E-state index contributed by atoms with van der Waals surface area (Å²) in [7, 11) is 0. The van der Waals surface area contributed by atoms with Crippen LogP contribution in [-0.2, 0) is 0 Å². The van der Waals surface area contributed by atoms with Crippen LogP contribution < -0.4 is 4.90 Å². The maximum atomic E-state index is 9.83. The minimum atomic E-state index is -0.132. The van der Waals surface area contributed by atoms with E-state index in [0.717, 1.165) is 77.3 Å². The lowest BCUT2D eigenvalue weighted by molar-refractivity contribution is 1.20. The van der Waals surface area contributed by atoms with E-state index in [9.17, 15) is 5.48 Å². The van der Waals surface area contributed by atoms with Gasteiger partial charge in [0.15, 0.2) is 0 Å². The molecule has 0 aliphatic rings. The van der Waals surface area contributed by atoms with Gasteiger partial charge in [0, 0.05) is 33.1 Å². The molecule has 0 radical (unpaired) electrons. The summed E-state index contributed by atoms with van der Waals surface area (Å²) >= 11 is 0. The summed E-state index contributed by atoms with van der Waals surface area (Å²) in [5.41, 5.74) is 11.6. The predicted molar refractivity (Wildman–Crippen MR) is 255 cm³/mol. The van der Waals surface area contributed by atoms with Crippen LogP contribution in [0.15, 0.2) is 243 Å². The SMILES string of the molecule is [2H]c1c([2H])c(N(c2ccc(-c3ccccc3)cc2)c2ccc(-c3ccccc3)cc2-c2ccccc2)c([2H])c([2H])c1-c1ccc2c(c1)c1ccccc1n2-c1cccc2ccccc12. The Morgan fingerprint density at radius 1 is 0.333 bits per heavy atom. The minimum Gasteiger partial charge on any atom is -0.310 e. The summed E-state index contributed by atoms with van der Waals surface area (Å²) < 4.78 is 41.4. The third-order valence-electron chi connectivity index (χ3n) is 11.5. The summed E-state index contributed by atoms with van der Waals surface area (Å²) in [6, 6.07) is 73.5. The molecule has 0 atom stereocenters. The van der Waals surface area contributed by atoms with E-state index in [1.165, 1.54) is 0 Å². The fourth-order valence-electron chi connectivity index (χ4n) is 8.57. The van der Waals surface area contributed by atoms with Gasteiger partial charge in [0.05, 0.1) is 27.9 Å². The molecule has 60 heavy (non-hydrogen) atoms. The van der Waals surface area contributed by atoms with Gasteiger partial charge in [-0.1, -0.05) is 182 Å². The smallest absolute Gasteiger partial charge is 0.0645 e. The molecular weight excluding hydrogens is 725 g/mol. The van der Waals surface area contributed by atoms with Crippen molar-refractivity contribution < 1.29 is 5.48 Å². The van der Waals surface area contributed by atoms with Crippen molar-refractivity contribution in [3.8, 4) is 50.2 Å². The molecular formula is C58H40N2. The molecule has 0 amide bonds. The molecule has 11 aromatic rings. The van der Waals surface area contributed by atoms with Gasteiger partial charge in [-0.15, -0.1) is 0 Å². The van der Waals surface area contributed by atoms with Gasteiger partial charge in [-0.3, -0.25) is 0 Å². The number of rotatable bonds is 8. The fourth-order valence-corrected chi connectivity index (χ4v) is 8.57. The lowest BCUT2D eigenvalue weighted by atomic mass is 9.96. The van der Waals surface area contributed by atoms with Crippen LogP contribution in [0.25, 0.3) is 82.8 Å². The van der Waals surface area contributed by atoms with Crippen LogP contribution in [0.4, 0.5) is 17.1 Å². The van der Waals surface area contributed by atoms with Crippen LogP contribution in [0, 0.1) is 0 Å². The first-order chi connectivity index (χ1) is 31.4. The molecule has 0 unspecified atom stereocenters. The topological polar surface area (TPSA) is 8.17 Å². The number of nitrogens with zero attached hydrogens (tertiary/aromatic N) is 2. The highest BCUT2D eigenvalue weighted by atomic mass is 15.1. The second-order valence-electron chi connectivity index (χ2n) is 15.0. The molecule has 1 aromatic heterocycles. The van der Waals surface area contributed by atoms with E-state index in [0.29, 0.717) is 11.3 Å². The van der Waals surface area contributed by atoms with Crippen LogP contribution in [0.2, 0.25) is 0 Å². The van der Waals surface area contributed by atoms with Gasteiger partial charge in [0.1, 0.15) is 0 Å². The molecule has 0 bridgehead atoms. The average Bonchev–Trinajstić information content (AvgIpc) is 3.69. The van der Waals surface area contributed by atoms with Crippen molar-refractivity contribution in [1.82, 2.24) is 4.57 Å².